The summed E-state index contributed by atoms with van der Waals surface area (Å²) in [6, 6.07) is 10.2. The second-order valence-electron chi connectivity index (χ2n) is 5.01. The normalized spacial score (nSPS) is 11.2. The third-order valence-electron chi connectivity index (χ3n) is 2.89. The molecule has 1 aromatic carbocycles. The van der Waals surface area contributed by atoms with Crippen molar-refractivity contribution in [1.82, 2.24) is 9.97 Å². The maximum atomic E-state index is 5.85. The van der Waals surface area contributed by atoms with Crippen molar-refractivity contribution in [3.8, 4) is 16.5 Å². The molecule has 0 radical (unpaired) electrons. The summed E-state index contributed by atoms with van der Waals surface area (Å²) < 4.78 is 5.85. The number of thiophene rings is 1. The van der Waals surface area contributed by atoms with Gasteiger partial charge in [0.25, 0.3) is 0 Å². The third kappa shape index (κ3) is 2.51. The minimum Gasteiger partial charge on any atom is -0.473 e. The van der Waals surface area contributed by atoms with Crippen molar-refractivity contribution >= 4 is 22.4 Å². The second kappa shape index (κ2) is 5.21. The topological polar surface area (TPSA) is 35.0 Å². The summed E-state index contributed by atoms with van der Waals surface area (Å²) in [5.74, 6) is 0.612. The van der Waals surface area contributed by atoms with Crippen LogP contribution in [0.15, 0.2) is 35.7 Å². The van der Waals surface area contributed by atoms with Gasteiger partial charge in [-0.05, 0) is 49.9 Å². The van der Waals surface area contributed by atoms with Crippen molar-refractivity contribution in [3.63, 3.8) is 0 Å². The molecule has 2 aromatic heterocycles. The van der Waals surface area contributed by atoms with E-state index < -0.39 is 0 Å². The number of fused-ring (bicyclic) bond motifs is 1. The van der Waals surface area contributed by atoms with Crippen molar-refractivity contribution in [3.05, 3.63) is 41.3 Å². The van der Waals surface area contributed by atoms with Gasteiger partial charge in [0.05, 0.1) is 22.0 Å². The number of aromatic nitrogens is 2. The van der Waals surface area contributed by atoms with E-state index in [0.717, 1.165) is 21.6 Å². The van der Waals surface area contributed by atoms with Gasteiger partial charge in [0.1, 0.15) is 5.69 Å². The Kier molecular flexibility index (Phi) is 3.40. The van der Waals surface area contributed by atoms with Gasteiger partial charge in [0.15, 0.2) is 0 Å². The highest BCUT2D eigenvalue weighted by Crippen LogP contribution is 2.32. The zero-order valence-electron chi connectivity index (χ0n) is 11.8. The molecule has 0 aliphatic rings. The first-order chi connectivity index (χ1) is 9.63. The summed E-state index contributed by atoms with van der Waals surface area (Å²) in [4.78, 5) is 10.5. The van der Waals surface area contributed by atoms with Gasteiger partial charge in [-0.1, -0.05) is 12.1 Å². The molecule has 0 N–H and O–H groups in total. The van der Waals surface area contributed by atoms with Crippen molar-refractivity contribution in [1.29, 1.82) is 0 Å². The van der Waals surface area contributed by atoms with E-state index >= 15 is 0 Å². The number of rotatable bonds is 3. The van der Waals surface area contributed by atoms with Crippen LogP contribution in [0.5, 0.6) is 5.88 Å². The Morgan fingerprint density at radius 3 is 2.65 bits per heavy atom. The standard InChI is InChI=1S/C16H16N2OS/c1-10(2)19-16-15(14-5-4-8-20-14)17-12-7-6-11(3)9-13(12)18-16/h4-10H,1-3H3. The van der Waals surface area contributed by atoms with E-state index in [-0.39, 0.29) is 6.10 Å². The number of aryl methyl sites for hydroxylation is 1. The van der Waals surface area contributed by atoms with Crippen molar-refractivity contribution in [2.45, 2.75) is 26.9 Å². The predicted molar refractivity (Wildman–Crippen MR) is 83.4 cm³/mol. The fraction of sp³-hybridized carbons (Fsp3) is 0.250. The zero-order valence-corrected chi connectivity index (χ0v) is 12.6. The van der Waals surface area contributed by atoms with Crippen LogP contribution < -0.4 is 4.74 Å². The lowest BCUT2D eigenvalue weighted by atomic mass is 10.2. The highest BCUT2D eigenvalue weighted by Gasteiger charge is 2.14. The Bertz CT molecular complexity index is 736. The van der Waals surface area contributed by atoms with Gasteiger partial charge in [-0.15, -0.1) is 11.3 Å². The van der Waals surface area contributed by atoms with Gasteiger partial charge in [0.2, 0.25) is 5.88 Å². The van der Waals surface area contributed by atoms with Gasteiger partial charge in [-0.25, -0.2) is 9.97 Å². The van der Waals surface area contributed by atoms with Crippen LogP contribution in [0.4, 0.5) is 0 Å². The summed E-state index contributed by atoms with van der Waals surface area (Å²) in [7, 11) is 0. The zero-order chi connectivity index (χ0) is 14.1. The molecule has 0 saturated heterocycles. The molecule has 3 nitrogen and oxygen atoms in total. The molecule has 2 heterocycles. The van der Waals surface area contributed by atoms with Crippen LogP contribution in [-0.4, -0.2) is 16.1 Å². The summed E-state index contributed by atoms with van der Waals surface area (Å²) in [6.07, 6.45) is 0.0743. The molecule has 0 atom stereocenters. The molecule has 3 aromatic rings. The van der Waals surface area contributed by atoms with E-state index in [4.69, 9.17) is 9.72 Å². The first kappa shape index (κ1) is 13.1. The first-order valence-corrected chi connectivity index (χ1v) is 7.50. The maximum Gasteiger partial charge on any atom is 0.242 e. The van der Waals surface area contributed by atoms with Gasteiger partial charge in [-0.3, -0.25) is 0 Å². The minimum atomic E-state index is 0.0743. The minimum absolute atomic E-state index is 0.0743. The maximum absolute atomic E-state index is 5.85. The Hall–Kier alpha value is -1.94. The van der Waals surface area contributed by atoms with Crippen LogP contribution in [-0.2, 0) is 0 Å². The fourth-order valence-corrected chi connectivity index (χ4v) is 2.73. The van der Waals surface area contributed by atoms with Crippen molar-refractivity contribution in [2.75, 3.05) is 0 Å². The molecule has 0 unspecified atom stereocenters. The lowest BCUT2D eigenvalue weighted by Crippen LogP contribution is -2.09. The molecule has 0 fully saturated rings. The lowest BCUT2D eigenvalue weighted by molar-refractivity contribution is 0.234. The molecule has 0 spiro atoms. The largest absolute Gasteiger partial charge is 0.473 e. The van der Waals surface area contributed by atoms with E-state index in [0.29, 0.717) is 5.88 Å². The number of nitrogens with zero attached hydrogens (tertiary/aromatic N) is 2. The summed E-state index contributed by atoms with van der Waals surface area (Å²) in [5, 5.41) is 2.04. The number of hydrogen-bond donors (Lipinski definition) is 0. The molecule has 0 bridgehead atoms. The van der Waals surface area contributed by atoms with Gasteiger partial charge in [0, 0.05) is 0 Å². The van der Waals surface area contributed by atoms with Crippen molar-refractivity contribution in [2.24, 2.45) is 0 Å². The van der Waals surface area contributed by atoms with Crippen LogP contribution >= 0.6 is 11.3 Å². The van der Waals surface area contributed by atoms with Gasteiger partial charge in [-0.2, -0.15) is 0 Å². The van der Waals surface area contributed by atoms with Crippen molar-refractivity contribution < 1.29 is 4.74 Å². The van der Waals surface area contributed by atoms with Crippen LogP contribution in [0, 0.1) is 6.92 Å². The molecule has 0 amide bonds. The highest BCUT2D eigenvalue weighted by atomic mass is 32.1. The quantitative estimate of drug-likeness (QED) is 0.712. The predicted octanol–water partition coefficient (Wildman–Crippen LogP) is 4.45. The molecule has 3 rings (SSSR count). The third-order valence-corrected chi connectivity index (χ3v) is 3.77. The number of benzene rings is 1. The average molecular weight is 284 g/mol. The summed E-state index contributed by atoms with van der Waals surface area (Å²) in [5.41, 5.74) is 3.77. The van der Waals surface area contributed by atoms with E-state index in [1.807, 2.05) is 43.5 Å². The van der Waals surface area contributed by atoms with E-state index in [1.54, 1.807) is 11.3 Å². The Balaban J connectivity index is 2.22. The van der Waals surface area contributed by atoms with Crippen LogP contribution in [0.2, 0.25) is 0 Å². The first-order valence-electron chi connectivity index (χ1n) is 6.62. The lowest BCUT2D eigenvalue weighted by Gasteiger charge is -2.13. The second-order valence-corrected chi connectivity index (χ2v) is 5.96. The number of ether oxygens (including phenoxy) is 1. The summed E-state index contributed by atoms with van der Waals surface area (Å²) in [6.45, 7) is 6.05. The van der Waals surface area contributed by atoms with E-state index in [9.17, 15) is 0 Å². The Labute approximate surface area is 122 Å². The molecular formula is C16H16N2OS. The van der Waals surface area contributed by atoms with Crippen LogP contribution in [0.1, 0.15) is 19.4 Å². The van der Waals surface area contributed by atoms with E-state index in [2.05, 4.69) is 18.0 Å². The van der Waals surface area contributed by atoms with Gasteiger partial charge >= 0.3 is 0 Å². The molecule has 102 valence electrons. The highest BCUT2D eigenvalue weighted by molar-refractivity contribution is 7.13. The fourth-order valence-electron chi connectivity index (χ4n) is 2.03. The molecule has 20 heavy (non-hydrogen) atoms. The van der Waals surface area contributed by atoms with E-state index in [1.165, 1.54) is 5.56 Å². The Morgan fingerprint density at radius 2 is 1.95 bits per heavy atom. The summed E-state index contributed by atoms with van der Waals surface area (Å²) >= 11 is 1.65. The average Bonchev–Trinajstić information content (AvgIpc) is 2.91. The van der Waals surface area contributed by atoms with Crippen LogP contribution in [0.25, 0.3) is 21.6 Å². The monoisotopic (exact) mass is 284 g/mol. The smallest absolute Gasteiger partial charge is 0.242 e. The van der Waals surface area contributed by atoms with Crippen LogP contribution in [0.3, 0.4) is 0 Å². The Morgan fingerprint density at radius 1 is 1.10 bits per heavy atom. The van der Waals surface area contributed by atoms with Gasteiger partial charge < -0.3 is 4.74 Å². The SMILES string of the molecule is Cc1ccc2nc(-c3cccs3)c(OC(C)C)nc2c1. The number of hydrogen-bond acceptors (Lipinski definition) is 4. The molecule has 0 aliphatic carbocycles. The molecular weight excluding hydrogens is 268 g/mol. The molecule has 0 saturated carbocycles. The molecule has 4 heteroatoms. The molecule has 0 aliphatic heterocycles.